The number of hydrogen-bond donors (Lipinski definition) is 1. The van der Waals surface area contributed by atoms with Gasteiger partial charge in [-0.15, -0.1) is 0 Å². The largest absolute Gasteiger partial charge is 0.497 e. The first-order valence-corrected chi connectivity index (χ1v) is 20.7. The lowest BCUT2D eigenvalue weighted by atomic mass is 10.1. The van der Waals surface area contributed by atoms with Crippen molar-refractivity contribution in [2.45, 2.75) is 155 Å². The fourth-order valence-electron chi connectivity index (χ4n) is 6.37. The van der Waals surface area contributed by atoms with Crippen LogP contribution in [-0.2, 0) is 16.2 Å². The maximum absolute atomic E-state index is 12.8. The Labute approximate surface area is 325 Å². The highest BCUT2D eigenvalue weighted by Crippen LogP contribution is 2.33. The van der Waals surface area contributed by atoms with E-state index in [4.69, 9.17) is 18.9 Å². The normalized spacial score (nSPS) is 11.8. The Morgan fingerprint density at radius 1 is 0.611 bits per heavy atom. The van der Waals surface area contributed by atoms with Crippen LogP contribution in [0, 0.1) is 0 Å². The minimum absolute atomic E-state index is 0.275. The summed E-state index contributed by atoms with van der Waals surface area (Å²) < 4.78 is 23.1. The number of ether oxygens (including phenoxy) is 4. The van der Waals surface area contributed by atoms with Crippen molar-refractivity contribution in [2.24, 2.45) is 0 Å². The fraction of sp³-hybridized carbons (Fsp3) is 0.532. The van der Waals surface area contributed by atoms with E-state index in [-0.39, 0.29) is 18.5 Å². The zero-order chi connectivity index (χ0) is 38.6. The minimum atomic E-state index is -1.06. The van der Waals surface area contributed by atoms with Crippen LogP contribution in [0.2, 0.25) is 0 Å². The van der Waals surface area contributed by atoms with Gasteiger partial charge >= 0.3 is 11.9 Å². The van der Waals surface area contributed by atoms with E-state index in [1.807, 2.05) is 30.3 Å². The molecule has 0 bridgehead atoms. The van der Waals surface area contributed by atoms with Gasteiger partial charge in [0.15, 0.2) is 0 Å². The van der Waals surface area contributed by atoms with Crippen LogP contribution in [-0.4, -0.2) is 24.2 Å². The molecule has 3 aromatic carbocycles. The lowest BCUT2D eigenvalue weighted by Gasteiger charge is -2.16. The number of esters is 2. The summed E-state index contributed by atoms with van der Waals surface area (Å²) in [7, 11) is 1.57. The highest BCUT2D eigenvalue weighted by Gasteiger charge is 2.16. The predicted molar refractivity (Wildman–Crippen MR) is 219 cm³/mol. The van der Waals surface area contributed by atoms with Gasteiger partial charge in [-0.3, -0.25) is 9.59 Å². The van der Waals surface area contributed by atoms with Gasteiger partial charge in [-0.2, -0.15) is 0 Å². The van der Waals surface area contributed by atoms with E-state index in [0.717, 1.165) is 44.1 Å². The Bertz CT molecular complexity index is 1500. The minimum Gasteiger partial charge on any atom is -0.497 e. The summed E-state index contributed by atoms with van der Waals surface area (Å²) in [6.45, 7) is 4.74. The van der Waals surface area contributed by atoms with Crippen molar-refractivity contribution in [3.8, 4) is 23.0 Å². The van der Waals surface area contributed by atoms with Gasteiger partial charge in [0.25, 0.3) is 0 Å². The van der Waals surface area contributed by atoms with Crippen molar-refractivity contribution in [3.05, 3.63) is 89.5 Å². The molecule has 0 radical (unpaired) electrons. The molecular formula is C47H66O7. The Morgan fingerprint density at radius 2 is 1.13 bits per heavy atom. The van der Waals surface area contributed by atoms with Gasteiger partial charge in [-0.1, -0.05) is 159 Å². The number of carbonyl (C=O) groups is 2. The van der Waals surface area contributed by atoms with Crippen LogP contribution in [0.3, 0.4) is 0 Å². The zero-order valence-electron chi connectivity index (χ0n) is 33.3. The number of benzene rings is 3. The second kappa shape index (κ2) is 27.5. The summed E-state index contributed by atoms with van der Waals surface area (Å²) >= 11 is 0. The third-order valence-electron chi connectivity index (χ3n) is 9.64. The summed E-state index contributed by atoms with van der Waals surface area (Å²) in [6, 6.07) is 20.1. The number of hydrogen-bond acceptors (Lipinski definition) is 7. The molecule has 0 aliphatic carbocycles. The summed E-state index contributed by atoms with van der Waals surface area (Å²) in [4.78, 5) is 25.5. The van der Waals surface area contributed by atoms with E-state index >= 15 is 0 Å². The van der Waals surface area contributed by atoms with Crippen LogP contribution in [0.1, 0.15) is 165 Å². The van der Waals surface area contributed by atoms with Gasteiger partial charge in [-0.25, -0.2) is 0 Å². The first-order chi connectivity index (χ1) is 26.4. The van der Waals surface area contributed by atoms with Gasteiger partial charge in [-0.05, 0) is 42.7 Å². The van der Waals surface area contributed by atoms with Gasteiger partial charge < -0.3 is 24.1 Å². The molecule has 7 nitrogen and oxygen atoms in total. The van der Waals surface area contributed by atoms with Crippen LogP contribution in [0.4, 0.5) is 0 Å². The van der Waals surface area contributed by atoms with Crippen LogP contribution in [0.5, 0.6) is 23.0 Å². The molecule has 296 valence electrons. The number of methoxy groups -OCH3 is 1. The second-order valence-electron chi connectivity index (χ2n) is 14.3. The Kier molecular flexibility index (Phi) is 22.5. The van der Waals surface area contributed by atoms with E-state index < -0.39 is 6.10 Å². The molecule has 54 heavy (non-hydrogen) atoms. The standard InChI is InChI=1S/C47H66O7/c1-4-6-8-10-12-14-16-18-23-27-46(49)53-41-32-33-42(45(36-41)52-37-38-25-21-20-22-26-38)43(48)34-30-39-29-31-40(51-3)35-44(39)54-47(50)28-24-19-17-15-13-11-9-7-5-2/h20-22,25-26,29-36,43,48H,4-19,23-24,27-28,37H2,1-3H3. The molecule has 1 unspecified atom stereocenters. The van der Waals surface area contributed by atoms with Gasteiger partial charge in [0.1, 0.15) is 35.7 Å². The van der Waals surface area contributed by atoms with Crippen molar-refractivity contribution in [1.29, 1.82) is 0 Å². The fourth-order valence-corrected chi connectivity index (χ4v) is 6.37. The molecule has 0 aliphatic heterocycles. The van der Waals surface area contributed by atoms with Crippen molar-refractivity contribution in [3.63, 3.8) is 0 Å². The molecule has 0 fully saturated rings. The number of unbranched alkanes of at least 4 members (excludes halogenated alkanes) is 16. The maximum atomic E-state index is 12.8. The van der Waals surface area contributed by atoms with Crippen LogP contribution in [0.15, 0.2) is 72.8 Å². The monoisotopic (exact) mass is 742 g/mol. The molecule has 0 aliphatic rings. The molecule has 1 N–H and O–H groups in total. The van der Waals surface area contributed by atoms with Gasteiger partial charge in [0.05, 0.1) is 7.11 Å². The van der Waals surface area contributed by atoms with E-state index in [0.29, 0.717) is 47.0 Å². The van der Waals surface area contributed by atoms with Crippen LogP contribution < -0.4 is 18.9 Å². The topological polar surface area (TPSA) is 91.3 Å². The van der Waals surface area contributed by atoms with Crippen molar-refractivity contribution in [2.75, 3.05) is 7.11 Å². The molecule has 0 saturated heterocycles. The average molecular weight is 743 g/mol. The van der Waals surface area contributed by atoms with E-state index in [1.54, 1.807) is 55.7 Å². The Morgan fingerprint density at radius 3 is 1.70 bits per heavy atom. The molecule has 3 aromatic rings. The number of carbonyl (C=O) groups excluding carboxylic acids is 2. The highest BCUT2D eigenvalue weighted by atomic mass is 16.5. The average Bonchev–Trinajstić information content (AvgIpc) is 3.18. The molecule has 0 spiro atoms. The third kappa shape index (κ3) is 18.3. The molecule has 7 heteroatoms. The summed E-state index contributed by atoms with van der Waals surface area (Å²) in [5, 5.41) is 11.4. The summed E-state index contributed by atoms with van der Waals surface area (Å²) in [5.41, 5.74) is 2.11. The molecule has 3 rings (SSSR count). The first kappa shape index (κ1) is 44.3. The van der Waals surface area contributed by atoms with Crippen molar-refractivity contribution in [1.82, 2.24) is 0 Å². The van der Waals surface area contributed by atoms with Gasteiger partial charge in [0, 0.05) is 36.1 Å². The van der Waals surface area contributed by atoms with E-state index in [9.17, 15) is 14.7 Å². The highest BCUT2D eigenvalue weighted by molar-refractivity contribution is 5.75. The predicted octanol–water partition coefficient (Wildman–Crippen LogP) is 12.7. The van der Waals surface area contributed by atoms with Gasteiger partial charge in [0.2, 0.25) is 0 Å². The molecule has 0 amide bonds. The lowest BCUT2D eigenvalue weighted by molar-refractivity contribution is -0.135. The quantitative estimate of drug-likeness (QED) is 0.0430. The van der Waals surface area contributed by atoms with Crippen molar-refractivity contribution < 1.29 is 33.6 Å². The number of aliphatic hydroxyl groups is 1. The zero-order valence-corrected chi connectivity index (χ0v) is 33.3. The van der Waals surface area contributed by atoms with Crippen LogP contribution in [0.25, 0.3) is 6.08 Å². The molecule has 0 aromatic heterocycles. The first-order valence-electron chi connectivity index (χ1n) is 20.7. The second-order valence-corrected chi connectivity index (χ2v) is 14.3. The molecule has 0 heterocycles. The summed E-state index contributed by atoms with van der Waals surface area (Å²) in [5.74, 6) is 1.15. The number of rotatable bonds is 29. The number of aliphatic hydroxyl groups excluding tert-OH is 1. The summed E-state index contributed by atoms with van der Waals surface area (Å²) in [6.07, 6.45) is 24.1. The Balaban J connectivity index is 1.61. The van der Waals surface area contributed by atoms with Crippen molar-refractivity contribution >= 4 is 18.0 Å². The molecule has 0 saturated carbocycles. The SMILES string of the molecule is CCCCCCCCCCCC(=O)Oc1ccc(C(O)C=Cc2ccc(OC)cc2OC(=O)CCCCCCCCCCC)c(OCc2ccccc2)c1. The lowest BCUT2D eigenvalue weighted by Crippen LogP contribution is -2.09. The molecular weight excluding hydrogens is 677 g/mol. The molecule has 1 atom stereocenters. The maximum Gasteiger partial charge on any atom is 0.311 e. The van der Waals surface area contributed by atoms with E-state index in [2.05, 4.69) is 13.8 Å². The van der Waals surface area contributed by atoms with Crippen LogP contribution >= 0.6 is 0 Å². The Hall–Kier alpha value is -4.10. The third-order valence-corrected chi connectivity index (χ3v) is 9.64. The smallest absolute Gasteiger partial charge is 0.311 e. The van der Waals surface area contributed by atoms with E-state index in [1.165, 1.54) is 77.0 Å².